The summed E-state index contributed by atoms with van der Waals surface area (Å²) in [6.07, 6.45) is 0. The predicted octanol–water partition coefficient (Wildman–Crippen LogP) is 5.30. The highest BCUT2D eigenvalue weighted by Crippen LogP contribution is 2.35. The molecule has 6 nitrogen and oxygen atoms in total. The zero-order chi connectivity index (χ0) is 25.1. The number of anilines is 4. The van der Waals surface area contributed by atoms with E-state index in [4.69, 9.17) is 0 Å². The zero-order valence-corrected chi connectivity index (χ0v) is 21.0. The number of benzene rings is 3. The second-order valence-electron chi connectivity index (χ2n) is 8.82. The topological polar surface area (TPSA) is 55.9 Å². The van der Waals surface area contributed by atoms with E-state index in [0.29, 0.717) is 16.8 Å². The normalized spacial score (nSPS) is 13.5. The van der Waals surface area contributed by atoms with Crippen molar-refractivity contribution in [1.29, 1.82) is 0 Å². The summed E-state index contributed by atoms with van der Waals surface area (Å²) in [7, 11) is 3.86. The number of carbonyl (C=O) groups excluding carboxylic acids is 2. The molecule has 35 heavy (non-hydrogen) atoms. The summed E-state index contributed by atoms with van der Waals surface area (Å²) in [5, 5.41) is 3.26. The van der Waals surface area contributed by atoms with Gasteiger partial charge in [-0.25, -0.2) is 4.90 Å². The van der Waals surface area contributed by atoms with Gasteiger partial charge >= 0.3 is 0 Å². The Morgan fingerprint density at radius 2 is 1.46 bits per heavy atom. The van der Waals surface area contributed by atoms with Gasteiger partial charge in [-0.15, -0.1) is 0 Å². The summed E-state index contributed by atoms with van der Waals surface area (Å²) in [6, 6.07) is 23.1. The van der Waals surface area contributed by atoms with Gasteiger partial charge in [0.1, 0.15) is 5.70 Å². The largest absolute Gasteiger partial charge is 0.378 e. The van der Waals surface area contributed by atoms with Crippen LogP contribution in [0.1, 0.15) is 25.0 Å². The summed E-state index contributed by atoms with van der Waals surface area (Å²) < 4.78 is 0. The highest BCUT2D eigenvalue weighted by Gasteiger charge is 2.40. The molecule has 1 aliphatic heterocycles. The molecule has 3 aromatic rings. The third kappa shape index (κ3) is 4.78. The zero-order valence-electron chi connectivity index (χ0n) is 21.0. The summed E-state index contributed by atoms with van der Waals surface area (Å²) in [6.45, 7) is 8.07. The molecule has 1 heterocycles. The number of aryl methyl sites for hydroxylation is 1. The van der Waals surface area contributed by atoms with Crippen LogP contribution in [0.25, 0.3) is 5.57 Å². The van der Waals surface area contributed by atoms with Crippen LogP contribution in [0.15, 0.2) is 78.5 Å². The molecule has 0 bridgehead atoms. The molecular weight excluding hydrogens is 436 g/mol. The summed E-state index contributed by atoms with van der Waals surface area (Å²) in [5.41, 5.74) is 5.78. The van der Waals surface area contributed by atoms with Gasteiger partial charge in [0.25, 0.3) is 11.8 Å². The maximum absolute atomic E-state index is 13.7. The van der Waals surface area contributed by atoms with E-state index < -0.39 is 0 Å². The van der Waals surface area contributed by atoms with Crippen LogP contribution in [0.4, 0.5) is 22.7 Å². The number of amides is 2. The van der Waals surface area contributed by atoms with Crippen molar-refractivity contribution >= 4 is 40.1 Å². The van der Waals surface area contributed by atoms with Crippen molar-refractivity contribution in [2.75, 3.05) is 47.2 Å². The Labute approximate surface area is 207 Å². The third-order valence-corrected chi connectivity index (χ3v) is 6.29. The van der Waals surface area contributed by atoms with Crippen molar-refractivity contribution < 1.29 is 9.59 Å². The number of nitrogens with one attached hydrogen (secondary N) is 1. The van der Waals surface area contributed by atoms with Crippen LogP contribution in [0.2, 0.25) is 0 Å². The molecule has 2 amide bonds. The minimum Gasteiger partial charge on any atom is -0.378 e. The second-order valence-corrected chi connectivity index (χ2v) is 8.82. The van der Waals surface area contributed by atoms with Crippen LogP contribution in [0.3, 0.4) is 0 Å². The van der Waals surface area contributed by atoms with Crippen molar-refractivity contribution in [3.8, 4) is 0 Å². The van der Waals surface area contributed by atoms with E-state index in [-0.39, 0.29) is 17.5 Å². The highest BCUT2D eigenvalue weighted by atomic mass is 16.2. The summed E-state index contributed by atoms with van der Waals surface area (Å²) in [5.74, 6) is -0.702. The van der Waals surface area contributed by atoms with Crippen LogP contribution >= 0.6 is 0 Å². The van der Waals surface area contributed by atoms with Gasteiger partial charge < -0.3 is 15.1 Å². The smallest absolute Gasteiger partial charge is 0.282 e. The van der Waals surface area contributed by atoms with Crippen molar-refractivity contribution in [2.24, 2.45) is 0 Å². The number of hydrogen-bond acceptors (Lipinski definition) is 5. The molecule has 0 spiro atoms. The van der Waals surface area contributed by atoms with Crippen LogP contribution in [-0.2, 0) is 9.59 Å². The fourth-order valence-corrected chi connectivity index (χ4v) is 4.27. The van der Waals surface area contributed by atoms with E-state index in [1.165, 1.54) is 4.90 Å². The molecule has 0 aromatic heterocycles. The van der Waals surface area contributed by atoms with Crippen LogP contribution < -0.4 is 20.0 Å². The van der Waals surface area contributed by atoms with Crippen molar-refractivity contribution in [3.05, 3.63) is 89.6 Å². The number of nitrogens with zero attached hydrogens (tertiary/aromatic N) is 3. The van der Waals surface area contributed by atoms with E-state index in [1.807, 2.05) is 92.6 Å². The molecule has 180 valence electrons. The van der Waals surface area contributed by atoms with E-state index in [0.717, 1.165) is 35.7 Å². The molecule has 0 unspecified atom stereocenters. The Morgan fingerprint density at radius 1 is 0.800 bits per heavy atom. The standard InChI is InChI=1S/C29H32N4O2/c1-6-32(7-2)23-17-15-22(16-18-23)30-27-26(21-13-11-20(3)12-14-21)28(34)33(29(27)35)25-10-8-9-24(19-25)31(4)5/h8-19,30H,6-7H2,1-5H3. The Balaban J connectivity index is 1.75. The van der Waals surface area contributed by atoms with E-state index >= 15 is 0 Å². The van der Waals surface area contributed by atoms with Crippen molar-refractivity contribution in [1.82, 2.24) is 0 Å². The Bertz CT molecular complexity index is 1260. The number of rotatable bonds is 8. The fourth-order valence-electron chi connectivity index (χ4n) is 4.27. The molecule has 0 saturated heterocycles. The fraction of sp³-hybridized carbons (Fsp3) is 0.241. The molecule has 0 saturated carbocycles. The average Bonchev–Trinajstić information content (AvgIpc) is 3.10. The summed E-state index contributed by atoms with van der Waals surface area (Å²) >= 11 is 0. The van der Waals surface area contributed by atoms with Crippen LogP contribution in [-0.4, -0.2) is 39.0 Å². The van der Waals surface area contributed by atoms with E-state index in [2.05, 4.69) is 24.1 Å². The SMILES string of the molecule is CCN(CC)c1ccc(NC2=C(c3ccc(C)cc3)C(=O)N(c3cccc(N(C)C)c3)C2=O)cc1. The lowest BCUT2D eigenvalue weighted by molar-refractivity contribution is -0.120. The molecule has 1 aliphatic rings. The molecule has 6 heteroatoms. The molecule has 3 aromatic carbocycles. The minimum absolute atomic E-state index is 0.282. The maximum Gasteiger partial charge on any atom is 0.282 e. The Kier molecular flexibility index (Phi) is 6.92. The second kappa shape index (κ2) is 10.1. The molecule has 0 atom stereocenters. The number of hydrogen-bond donors (Lipinski definition) is 1. The number of imide groups is 1. The summed E-state index contributed by atoms with van der Waals surface area (Å²) in [4.78, 5) is 32.8. The first kappa shape index (κ1) is 24.1. The quantitative estimate of drug-likeness (QED) is 0.455. The van der Waals surface area contributed by atoms with Crippen molar-refractivity contribution in [3.63, 3.8) is 0 Å². The van der Waals surface area contributed by atoms with Gasteiger partial charge in [-0.2, -0.15) is 0 Å². The van der Waals surface area contributed by atoms with Crippen LogP contribution in [0, 0.1) is 6.92 Å². The first-order valence-electron chi connectivity index (χ1n) is 11.9. The first-order valence-corrected chi connectivity index (χ1v) is 11.9. The van der Waals surface area contributed by atoms with E-state index in [1.54, 1.807) is 6.07 Å². The predicted molar refractivity (Wildman–Crippen MR) is 145 cm³/mol. The highest BCUT2D eigenvalue weighted by molar-refractivity contribution is 6.46. The van der Waals surface area contributed by atoms with Gasteiger partial charge in [-0.3, -0.25) is 9.59 Å². The van der Waals surface area contributed by atoms with Gasteiger partial charge in [0.05, 0.1) is 11.3 Å². The van der Waals surface area contributed by atoms with Gasteiger partial charge in [-0.05, 0) is 68.8 Å². The van der Waals surface area contributed by atoms with Crippen LogP contribution in [0.5, 0.6) is 0 Å². The van der Waals surface area contributed by atoms with Gasteiger partial charge in [-0.1, -0.05) is 35.9 Å². The lowest BCUT2D eigenvalue weighted by Crippen LogP contribution is -2.32. The number of carbonyl (C=O) groups is 2. The lowest BCUT2D eigenvalue weighted by Gasteiger charge is -2.21. The molecule has 0 fully saturated rings. The first-order chi connectivity index (χ1) is 16.8. The van der Waals surface area contributed by atoms with Gasteiger partial charge in [0.2, 0.25) is 0 Å². The molecule has 0 aliphatic carbocycles. The monoisotopic (exact) mass is 468 g/mol. The lowest BCUT2D eigenvalue weighted by atomic mass is 10.0. The van der Waals surface area contributed by atoms with Gasteiger partial charge in [0, 0.05) is 44.2 Å². The average molecular weight is 469 g/mol. The Morgan fingerprint density at radius 3 is 2.06 bits per heavy atom. The van der Waals surface area contributed by atoms with E-state index in [9.17, 15) is 9.59 Å². The third-order valence-electron chi connectivity index (χ3n) is 6.29. The Hall–Kier alpha value is -4.06. The van der Waals surface area contributed by atoms with Crippen molar-refractivity contribution in [2.45, 2.75) is 20.8 Å². The minimum atomic E-state index is -0.366. The molecule has 4 rings (SSSR count). The molecule has 0 radical (unpaired) electrons. The van der Waals surface area contributed by atoms with Gasteiger partial charge in [0.15, 0.2) is 0 Å². The maximum atomic E-state index is 13.7. The molecule has 1 N–H and O–H groups in total. The molecular formula is C29H32N4O2.